The van der Waals surface area contributed by atoms with Gasteiger partial charge in [0.05, 0.1) is 12.3 Å². The summed E-state index contributed by atoms with van der Waals surface area (Å²) in [7, 11) is 0. The molecule has 32 heavy (non-hydrogen) atoms. The number of urea groups is 1. The van der Waals surface area contributed by atoms with Gasteiger partial charge in [-0.05, 0) is 55.3 Å². The Kier molecular flexibility index (Phi) is 6.57. The van der Waals surface area contributed by atoms with Crippen LogP contribution < -0.4 is 15.5 Å². The van der Waals surface area contributed by atoms with Crippen molar-refractivity contribution in [3.8, 4) is 0 Å². The highest BCUT2D eigenvalue weighted by molar-refractivity contribution is 6.30. The van der Waals surface area contributed by atoms with Gasteiger partial charge in [-0.3, -0.25) is 9.59 Å². The van der Waals surface area contributed by atoms with Crippen molar-refractivity contribution in [2.45, 2.75) is 18.9 Å². The van der Waals surface area contributed by atoms with E-state index in [1.807, 2.05) is 0 Å². The predicted molar refractivity (Wildman–Crippen MR) is 118 cm³/mol. The predicted octanol–water partition coefficient (Wildman–Crippen LogP) is 3.48. The average molecular weight is 461 g/mol. The van der Waals surface area contributed by atoms with Crippen LogP contribution in [0.3, 0.4) is 0 Å². The van der Waals surface area contributed by atoms with Gasteiger partial charge in [0.1, 0.15) is 18.5 Å². The lowest BCUT2D eigenvalue weighted by Gasteiger charge is -2.27. The number of hydrogen-bond donors (Lipinski definition) is 2. The highest BCUT2D eigenvalue weighted by Crippen LogP contribution is 2.26. The van der Waals surface area contributed by atoms with E-state index in [4.69, 9.17) is 16.3 Å². The molecule has 2 saturated heterocycles. The molecule has 2 N–H and O–H groups in total. The van der Waals surface area contributed by atoms with Gasteiger partial charge < -0.3 is 25.2 Å². The highest BCUT2D eigenvalue weighted by atomic mass is 35.5. The number of halogens is 2. The van der Waals surface area contributed by atoms with Gasteiger partial charge in [0.15, 0.2) is 0 Å². The molecular weight excluding hydrogens is 439 g/mol. The fourth-order valence-corrected chi connectivity index (χ4v) is 3.94. The lowest BCUT2D eigenvalue weighted by Crippen LogP contribution is -2.45. The maximum absolute atomic E-state index is 14.6. The van der Waals surface area contributed by atoms with Gasteiger partial charge in [-0.2, -0.15) is 0 Å². The smallest absolute Gasteiger partial charge is 0.322 e. The Hall–Kier alpha value is -3.17. The first kappa shape index (κ1) is 22.0. The molecule has 1 atom stereocenters. The summed E-state index contributed by atoms with van der Waals surface area (Å²) in [5.41, 5.74) is 0.962. The molecule has 2 aliphatic rings. The molecule has 0 spiro atoms. The first-order valence-electron chi connectivity index (χ1n) is 10.2. The molecule has 4 amide bonds. The van der Waals surface area contributed by atoms with Gasteiger partial charge in [-0.1, -0.05) is 11.6 Å². The van der Waals surface area contributed by atoms with Crippen molar-refractivity contribution < 1.29 is 23.5 Å². The fraction of sp³-hybridized carbons (Fsp3) is 0.318. The first-order chi connectivity index (χ1) is 15.4. The van der Waals surface area contributed by atoms with Crippen LogP contribution in [0.25, 0.3) is 0 Å². The van der Waals surface area contributed by atoms with Crippen LogP contribution in [0, 0.1) is 5.82 Å². The van der Waals surface area contributed by atoms with Crippen LogP contribution in [0.15, 0.2) is 42.5 Å². The van der Waals surface area contributed by atoms with E-state index in [1.165, 1.54) is 28.0 Å². The van der Waals surface area contributed by atoms with Crippen molar-refractivity contribution >= 4 is 46.5 Å². The molecule has 0 bridgehead atoms. The maximum atomic E-state index is 14.6. The molecule has 2 fully saturated rings. The Morgan fingerprint density at radius 3 is 2.53 bits per heavy atom. The molecule has 0 aliphatic carbocycles. The molecule has 2 aliphatic heterocycles. The second kappa shape index (κ2) is 9.54. The third kappa shape index (κ3) is 4.84. The van der Waals surface area contributed by atoms with Crippen LogP contribution >= 0.6 is 11.6 Å². The van der Waals surface area contributed by atoms with Crippen LogP contribution in [-0.4, -0.2) is 55.1 Å². The molecule has 0 aromatic heterocycles. The number of benzene rings is 2. The van der Waals surface area contributed by atoms with Gasteiger partial charge in [0, 0.05) is 29.5 Å². The summed E-state index contributed by atoms with van der Waals surface area (Å²) in [6.45, 7) is 0.942. The molecule has 4 rings (SSSR count). The van der Waals surface area contributed by atoms with Gasteiger partial charge in [-0.25, -0.2) is 9.18 Å². The van der Waals surface area contributed by atoms with E-state index in [-0.39, 0.29) is 30.4 Å². The number of hydrogen-bond acceptors (Lipinski definition) is 4. The largest absolute Gasteiger partial charge is 0.370 e. The number of carbonyl (C=O) groups excluding carboxylic acids is 3. The number of amides is 4. The summed E-state index contributed by atoms with van der Waals surface area (Å²) < 4.78 is 19.7. The number of ether oxygens (including phenoxy) is 1. The monoisotopic (exact) mass is 460 g/mol. The number of nitrogens with one attached hydrogen (secondary N) is 2. The van der Waals surface area contributed by atoms with Crippen molar-refractivity contribution in [2.24, 2.45) is 0 Å². The number of nitrogens with zero attached hydrogens (tertiary/aromatic N) is 2. The van der Waals surface area contributed by atoms with Crippen LogP contribution in [0.5, 0.6) is 0 Å². The SMILES string of the molecule is O=C(Nc1ccc(N2CCOCC2=O)c(F)c1)C1CCCN1C(=O)Nc1ccc(Cl)cc1. The van der Waals surface area contributed by atoms with E-state index in [0.717, 1.165) is 0 Å². The average Bonchev–Trinajstić information content (AvgIpc) is 3.27. The molecule has 0 radical (unpaired) electrons. The van der Waals surface area contributed by atoms with E-state index in [1.54, 1.807) is 24.3 Å². The third-order valence-electron chi connectivity index (χ3n) is 5.40. The van der Waals surface area contributed by atoms with Crippen LogP contribution in [-0.2, 0) is 14.3 Å². The van der Waals surface area contributed by atoms with Crippen molar-refractivity contribution in [1.82, 2.24) is 4.90 Å². The summed E-state index contributed by atoms with van der Waals surface area (Å²) in [6, 6.07) is 9.76. The summed E-state index contributed by atoms with van der Waals surface area (Å²) in [5, 5.41) is 5.99. The van der Waals surface area contributed by atoms with Crippen LogP contribution in [0.4, 0.5) is 26.2 Å². The summed E-state index contributed by atoms with van der Waals surface area (Å²) in [6.07, 6.45) is 1.18. The number of carbonyl (C=O) groups is 3. The molecule has 2 heterocycles. The Labute approximate surface area is 189 Å². The summed E-state index contributed by atoms with van der Waals surface area (Å²) in [5.74, 6) is -1.34. The number of anilines is 3. The highest BCUT2D eigenvalue weighted by Gasteiger charge is 2.34. The molecular formula is C22H22ClFN4O4. The maximum Gasteiger partial charge on any atom is 0.322 e. The van der Waals surface area contributed by atoms with Crippen molar-refractivity contribution in [2.75, 3.05) is 41.8 Å². The van der Waals surface area contributed by atoms with Crippen LogP contribution in [0.2, 0.25) is 5.02 Å². The molecule has 10 heteroatoms. The van der Waals surface area contributed by atoms with E-state index >= 15 is 0 Å². The summed E-state index contributed by atoms with van der Waals surface area (Å²) in [4.78, 5) is 40.2. The van der Waals surface area contributed by atoms with Crippen molar-refractivity contribution in [1.29, 1.82) is 0 Å². The van der Waals surface area contributed by atoms with E-state index in [2.05, 4.69) is 10.6 Å². The zero-order valence-corrected chi connectivity index (χ0v) is 17.9. The lowest BCUT2D eigenvalue weighted by atomic mass is 10.2. The topological polar surface area (TPSA) is 91.0 Å². The molecule has 168 valence electrons. The van der Waals surface area contributed by atoms with Gasteiger partial charge in [0.2, 0.25) is 5.91 Å². The number of likely N-dealkylation sites (tertiary alicyclic amines) is 1. The zero-order valence-electron chi connectivity index (χ0n) is 17.1. The first-order valence-corrected chi connectivity index (χ1v) is 10.6. The minimum atomic E-state index is -0.675. The molecule has 2 aromatic rings. The standard InChI is InChI=1S/C22H22ClFN4O4/c23-14-3-5-15(6-4-14)26-22(31)28-9-1-2-19(28)21(30)25-16-7-8-18(17(24)12-16)27-10-11-32-13-20(27)29/h3-8,12,19H,1-2,9-11,13H2,(H,25,30)(H,26,31). The Bertz CT molecular complexity index is 1030. The quantitative estimate of drug-likeness (QED) is 0.730. The van der Waals surface area contributed by atoms with Crippen molar-refractivity contribution in [3.63, 3.8) is 0 Å². The van der Waals surface area contributed by atoms with E-state index in [9.17, 15) is 18.8 Å². The van der Waals surface area contributed by atoms with Crippen LogP contribution in [0.1, 0.15) is 12.8 Å². The second-order valence-corrected chi connectivity index (χ2v) is 7.98. The number of morpholine rings is 1. The van der Waals surface area contributed by atoms with Gasteiger partial charge in [0.25, 0.3) is 5.91 Å². The van der Waals surface area contributed by atoms with Crippen molar-refractivity contribution in [3.05, 3.63) is 53.3 Å². The van der Waals surface area contributed by atoms with Gasteiger partial charge >= 0.3 is 6.03 Å². The number of rotatable bonds is 4. The minimum absolute atomic E-state index is 0.0898. The zero-order chi connectivity index (χ0) is 22.7. The Balaban J connectivity index is 1.41. The normalized spacial score (nSPS) is 18.6. The molecule has 0 saturated carbocycles. The van der Waals surface area contributed by atoms with E-state index < -0.39 is 23.8 Å². The van der Waals surface area contributed by atoms with E-state index in [0.29, 0.717) is 36.7 Å². The minimum Gasteiger partial charge on any atom is -0.370 e. The van der Waals surface area contributed by atoms with Gasteiger partial charge in [-0.15, -0.1) is 0 Å². The lowest BCUT2D eigenvalue weighted by molar-refractivity contribution is -0.125. The molecule has 8 nitrogen and oxygen atoms in total. The second-order valence-electron chi connectivity index (χ2n) is 7.54. The molecule has 2 aromatic carbocycles. The third-order valence-corrected chi connectivity index (χ3v) is 5.66. The summed E-state index contributed by atoms with van der Waals surface area (Å²) >= 11 is 5.86. The molecule has 1 unspecified atom stereocenters. The fourth-order valence-electron chi connectivity index (χ4n) is 3.81. The Morgan fingerprint density at radius 1 is 1.06 bits per heavy atom. The Morgan fingerprint density at radius 2 is 1.81 bits per heavy atom.